The van der Waals surface area contributed by atoms with Crippen LogP contribution in [0.5, 0.6) is 11.5 Å². The van der Waals surface area contributed by atoms with Crippen molar-refractivity contribution in [3.63, 3.8) is 0 Å². The van der Waals surface area contributed by atoms with E-state index < -0.39 is 0 Å². The smallest absolute Gasteiger partial charge is 0.248 e. The first-order valence-electron chi connectivity index (χ1n) is 11.2. The third-order valence-corrected chi connectivity index (χ3v) is 5.01. The Kier molecular flexibility index (Phi) is 8.31. The molecule has 0 spiro atoms. The number of nitrogens with one attached hydrogen (secondary N) is 1. The Bertz CT molecular complexity index is 968. The number of carbonyl (C=O) groups excluding carboxylic acids is 2. The molecule has 0 saturated carbocycles. The average Bonchev–Trinajstić information content (AvgIpc) is 3.16. The molecule has 6 heteroatoms. The fourth-order valence-electron chi connectivity index (χ4n) is 3.47. The molecule has 1 aliphatic heterocycles. The van der Waals surface area contributed by atoms with Crippen LogP contribution >= 0.6 is 0 Å². The molecule has 6 nitrogen and oxygen atoms in total. The normalized spacial score (nSPS) is 13.8. The summed E-state index contributed by atoms with van der Waals surface area (Å²) in [6.45, 7) is 8.63. The molecule has 170 valence electrons. The molecule has 3 rings (SSSR count). The lowest BCUT2D eigenvalue weighted by Crippen LogP contribution is -2.23. The third kappa shape index (κ3) is 6.87. The first-order chi connectivity index (χ1) is 15.4. The van der Waals surface area contributed by atoms with E-state index in [-0.39, 0.29) is 11.8 Å². The summed E-state index contributed by atoms with van der Waals surface area (Å²) in [7, 11) is 0. The zero-order valence-corrected chi connectivity index (χ0v) is 19.1. The molecule has 1 saturated heterocycles. The fraction of sp³-hybridized carbons (Fsp3) is 0.385. The molecule has 2 aromatic carbocycles. The molecule has 0 bridgehead atoms. The number of hydrogen-bond donors (Lipinski definition) is 1. The van der Waals surface area contributed by atoms with Crippen molar-refractivity contribution in [1.29, 1.82) is 0 Å². The number of hydrogen-bond acceptors (Lipinski definition) is 4. The van der Waals surface area contributed by atoms with Crippen LogP contribution in [-0.2, 0) is 16.1 Å². The first-order valence-corrected chi connectivity index (χ1v) is 11.2. The van der Waals surface area contributed by atoms with Crippen LogP contribution in [0.1, 0.15) is 44.7 Å². The lowest BCUT2D eigenvalue weighted by molar-refractivity contribution is -0.128. The Hall–Kier alpha value is -3.28. The van der Waals surface area contributed by atoms with E-state index in [1.54, 1.807) is 6.08 Å². The summed E-state index contributed by atoms with van der Waals surface area (Å²) in [5, 5.41) is 2.89. The quantitative estimate of drug-likeness (QED) is 0.538. The van der Waals surface area contributed by atoms with Gasteiger partial charge in [0.2, 0.25) is 11.8 Å². The fourth-order valence-corrected chi connectivity index (χ4v) is 3.47. The summed E-state index contributed by atoms with van der Waals surface area (Å²) in [6, 6.07) is 13.2. The minimum Gasteiger partial charge on any atom is -0.490 e. The molecule has 0 unspecified atom stereocenters. The molecular formula is C26H32N2O4. The van der Waals surface area contributed by atoms with Crippen LogP contribution in [0.3, 0.4) is 0 Å². The predicted octanol–water partition coefficient (Wildman–Crippen LogP) is 4.89. The van der Waals surface area contributed by atoms with Gasteiger partial charge >= 0.3 is 0 Å². The number of anilines is 1. The van der Waals surface area contributed by atoms with Gasteiger partial charge in [-0.3, -0.25) is 9.59 Å². The van der Waals surface area contributed by atoms with Crippen LogP contribution < -0.4 is 14.8 Å². The summed E-state index contributed by atoms with van der Waals surface area (Å²) in [5.41, 5.74) is 2.55. The predicted molar refractivity (Wildman–Crippen MR) is 127 cm³/mol. The molecule has 2 amide bonds. The number of ether oxygens (including phenoxy) is 2. The standard InChI is InChI=1S/C26H32N2O4/c1-4-31-24-16-20(10-12-23(24)32-18-19(2)3)11-13-25(29)27-22-8-5-7-21(15-22)17-28-14-6-9-26(28)30/h5,7-8,10-13,15-16,19H,4,6,9,14,17-18H2,1-3H3,(H,27,29)/b13-11+. The van der Waals surface area contributed by atoms with Crippen molar-refractivity contribution in [1.82, 2.24) is 4.90 Å². The first kappa shape index (κ1) is 23.4. The Labute approximate surface area is 190 Å². The molecule has 0 atom stereocenters. The zero-order valence-electron chi connectivity index (χ0n) is 19.1. The van der Waals surface area contributed by atoms with Crippen LogP contribution in [0.4, 0.5) is 5.69 Å². The number of nitrogens with zero attached hydrogens (tertiary/aromatic N) is 1. The number of rotatable bonds is 10. The Balaban J connectivity index is 1.61. The van der Waals surface area contributed by atoms with Gasteiger partial charge in [0, 0.05) is 31.3 Å². The molecule has 0 aromatic heterocycles. The van der Waals surface area contributed by atoms with Gasteiger partial charge in [0.1, 0.15) is 0 Å². The lowest BCUT2D eigenvalue weighted by Gasteiger charge is -2.16. The molecule has 32 heavy (non-hydrogen) atoms. The van der Waals surface area contributed by atoms with Crippen molar-refractivity contribution >= 4 is 23.6 Å². The van der Waals surface area contributed by atoms with Gasteiger partial charge < -0.3 is 19.7 Å². The van der Waals surface area contributed by atoms with Gasteiger partial charge in [0.15, 0.2) is 11.5 Å². The molecule has 0 radical (unpaired) electrons. The van der Waals surface area contributed by atoms with Gasteiger partial charge in [-0.15, -0.1) is 0 Å². The molecule has 1 aliphatic rings. The number of likely N-dealkylation sites (tertiary alicyclic amines) is 1. The Morgan fingerprint density at radius 3 is 2.72 bits per heavy atom. The van der Waals surface area contributed by atoms with E-state index in [0.717, 1.165) is 24.1 Å². The zero-order chi connectivity index (χ0) is 22.9. The van der Waals surface area contributed by atoms with Crippen molar-refractivity contribution in [2.45, 2.75) is 40.2 Å². The van der Waals surface area contributed by atoms with Crippen LogP contribution in [0.15, 0.2) is 48.5 Å². The van der Waals surface area contributed by atoms with Crippen molar-refractivity contribution in [3.8, 4) is 11.5 Å². The largest absolute Gasteiger partial charge is 0.490 e. The minimum absolute atomic E-state index is 0.189. The molecule has 1 fully saturated rings. The third-order valence-electron chi connectivity index (χ3n) is 5.01. The van der Waals surface area contributed by atoms with Gasteiger partial charge in [-0.25, -0.2) is 0 Å². The highest BCUT2D eigenvalue weighted by Crippen LogP contribution is 2.29. The summed E-state index contributed by atoms with van der Waals surface area (Å²) in [5.74, 6) is 1.75. The summed E-state index contributed by atoms with van der Waals surface area (Å²) < 4.78 is 11.5. The topological polar surface area (TPSA) is 67.9 Å². The van der Waals surface area contributed by atoms with Crippen molar-refractivity contribution in [2.24, 2.45) is 5.92 Å². The van der Waals surface area contributed by atoms with E-state index in [1.807, 2.05) is 54.3 Å². The second-order valence-corrected chi connectivity index (χ2v) is 8.29. The molecule has 2 aromatic rings. The SMILES string of the molecule is CCOc1cc(/C=C/C(=O)Nc2cccc(CN3CCCC3=O)c2)ccc1OCC(C)C. The maximum absolute atomic E-state index is 12.4. The molecule has 0 aliphatic carbocycles. The Morgan fingerprint density at radius 1 is 1.16 bits per heavy atom. The van der Waals surface area contributed by atoms with Crippen molar-refractivity contribution in [3.05, 3.63) is 59.7 Å². The van der Waals surface area contributed by atoms with Gasteiger partial charge in [-0.1, -0.05) is 32.0 Å². The summed E-state index contributed by atoms with van der Waals surface area (Å²) in [4.78, 5) is 26.1. The molecule has 1 heterocycles. The highest BCUT2D eigenvalue weighted by Gasteiger charge is 2.20. The summed E-state index contributed by atoms with van der Waals surface area (Å²) >= 11 is 0. The van der Waals surface area contributed by atoms with Gasteiger partial charge in [-0.05, 0) is 60.7 Å². The number of amides is 2. The van der Waals surface area contributed by atoms with Gasteiger partial charge in [0.25, 0.3) is 0 Å². The van der Waals surface area contributed by atoms with E-state index >= 15 is 0 Å². The minimum atomic E-state index is -0.225. The van der Waals surface area contributed by atoms with Crippen LogP contribution in [0, 0.1) is 5.92 Å². The van der Waals surface area contributed by atoms with Gasteiger partial charge in [0.05, 0.1) is 13.2 Å². The summed E-state index contributed by atoms with van der Waals surface area (Å²) in [6.07, 6.45) is 4.78. The van der Waals surface area contributed by atoms with E-state index in [0.29, 0.717) is 49.3 Å². The van der Waals surface area contributed by atoms with E-state index in [2.05, 4.69) is 19.2 Å². The number of benzene rings is 2. The molecule has 1 N–H and O–H groups in total. The second-order valence-electron chi connectivity index (χ2n) is 8.29. The second kappa shape index (κ2) is 11.4. The highest BCUT2D eigenvalue weighted by atomic mass is 16.5. The Morgan fingerprint density at radius 2 is 2.00 bits per heavy atom. The van der Waals surface area contributed by atoms with Crippen LogP contribution in [0.25, 0.3) is 6.08 Å². The van der Waals surface area contributed by atoms with E-state index in [4.69, 9.17) is 9.47 Å². The maximum atomic E-state index is 12.4. The average molecular weight is 437 g/mol. The van der Waals surface area contributed by atoms with Crippen LogP contribution in [-0.4, -0.2) is 36.5 Å². The maximum Gasteiger partial charge on any atom is 0.248 e. The number of carbonyl (C=O) groups is 2. The molecular weight excluding hydrogens is 404 g/mol. The van der Waals surface area contributed by atoms with E-state index in [9.17, 15) is 9.59 Å². The van der Waals surface area contributed by atoms with Crippen molar-refractivity contribution < 1.29 is 19.1 Å². The lowest BCUT2D eigenvalue weighted by atomic mass is 10.1. The van der Waals surface area contributed by atoms with E-state index in [1.165, 1.54) is 6.08 Å². The monoisotopic (exact) mass is 436 g/mol. The van der Waals surface area contributed by atoms with Crippen LogP contribution in [0.2, 0.25) is 0 Å². The van der Waals surface area contributed by atoms with Gasteiger partial charge in [-0.2, -0.15) is 0 Å². The van der Waals surface area contributed by atoms with Crippen molar-refractivity contribution in [2.75, 3.05) is 25.1 Å². The highest BCUT2D eigenvalue weighted by molar-refractivity contribution is 6.02.